The smallest absolute Gasteiger partial charge is 0.410 e. The quantitative estimate of drug-likeness (QED) is 0.760. The summed E-state index contributed by atoms with van der Waals surface area (Å²) in [5.41, 5.74) is -0.523. The Kier molecular flexibility index (Phi) is 4.17. The van der Waals surface area contributed by atoms with E-state index < -0.39 is 17.7 Å². The summed E-state index contributed by atoms with van der Waals surface area (Å²) in [6, 6.07) is -0.398. The molecule has 1 atom stereocenters. The van der Waals surface area contributed by atoms with E-state index in [0.717, 1.165) is 12.8 Å². The number of amides is 1. The van der Waals surface area contributed by atoms with Gasteiger partial charge in [0.25, 0.3) is 0 Å². The number of hydrogen-bond acceptors (Lipinski definition) is 3. The molecule has 0 aromatic carbocycles. The molecule has 4 heteroatoms. The first kappa shape index (κ1) is 14.0. The van der Waals surface area contributed by atoms with Crippen LogP contribution in [0.5, 0.6) is 0 Å². The van der Waals surface area contributed by atoms with Crippen molar-refractivity contribution in [2.45, 2.75) is 58.6 Å². The van der Waals surface area contributed by atoms with Gasteiger partial charge < -0.3 is 9.64 Å². The highest BCUT2D eigenvalue weighted by atomic mass is 16.6. The van der Waals surface area contributed by atoms with Gasteiger partial charge in [-0.25, -0.2) is 4.79 Å². The Bertz CT molecular complexity index is 302. The highest BCUT2D eigenvalue weighted by Crippen LogP contribution is 2.33. The van der Waals surface area contributed by atoms with Crippen LogP contribution in [0.2, 0.25) is 0 Å². The lowest BCUT2D eigenvalue weighted by atomic mass is 10.1. The lowest BCUT2D eigenvalue weighted by Gasteiger charge is -2.28. The van der Waals surface area contributed by atoms with E-state index in [1.165, 1.54) is 4.90 Å². The van der Waals surface area contributed by atoms with Crippen LogP contribution in [-0.2, 0) is 9.53 Å². The Morgan fingerprint density at radius 2 is 1.88 bits per heavy atom. The van der Waals surface area contributed by atoms with Crippen molar-refractivity contribution in [1.29, 1.82) is 0 Å². The zero-order chi connectivity index (χ0) is 13.2. The summed E-state index contributed by atoms with van der Waals surface area (Å²) < 4.78 is 5.23. The van der Waals surface area contributed by atoms with E-state index in [1.54, 1.807) is 14.0 Å². The molecule has 1 saturated carbocycles. The van der Waals surface area contributed by atoms with Crippen molar-refractivity contribution < 1.29 is 14.3 Å². The van der Waals surface area contributed by atoms with Crippen LogP contribution in [-0.4, -0.2) is 35.5 Å². The molecule has 98 valence electrons. The number of hydrogen-bond donors (Lipinski definition) is 0. The van der Waals surface area contributed by atoms with Gasteiger partial charge in [-0.15, -0.1) is 0 Å². The number of ether oxygens (including phenoxy) is 1. The largest absolute Gasteiger partial charge is 0.444 e. The van der Waals surface area contributed by atoms with E-state index in [9.17, 15) is 9.59 Å². The molecular formula is C13H23NO3. The molecule has 17 heavy (non-hydrogen) atoms. The zero-order valence-electron chi connectivity index (χ0n) is 11.4. The van der Waals surface area contributed by atoms with Gasteiger partial charge in [-0.05, 0) is 46.5 Å². The molecule has 0 radical (unpaired) electrons. The summed E-state index contributed by atoms with van der Waals surface area (Å²) in [6.45, 7) is 7.20. The third kappa shape index (κ3) is 4.75. The molecule has 1 unspecified atom stereocenters. The monoisotopic (exact) mass is 241 g/mol. The van der Waals surface area contributed by atoms with Gasteiger partial charge in [-0.2, -0.15) is 0 Å². The van der Waals surface area contributed by atoms with Gasteiger partial charge in [-0.3, -0.25) is 4.79 Å². The van der Waals surface area contributed by atoms with E-state index in [4.69, 9.17) is 4.74 Å². The van der Waals surface area contributed by atoms with E-state index in [2.05, 4.69) is 0 Å². The van der Waals surface area contributed by atoms with Crippen molar-refractivity contribution >= 4 is 11.9 Å². The van der Waals surface area contributed by atoms with Crippen molar-refractivity contribution in [3.05, 3.63) is 0 Å². The molecule has 1 amide bonds. The molecule has 1 aliphatic carbocycles. The Labute approximate surface area is 103 Å². The average molecular weight is 241 g/mol. The SMILES string of the molecule is CC(C(=O)CC1CC1)N(C)C(=O)OC(C)(C)C. The van der Waals surface area contributed by atoms with Crippen molar-refractivity contribution in [3.63, 3.8) is 0 Å². The van der Waals surface area contributed by atoms with Gasteiger partial charge in [0.15, 0.2) is 5.78 Å². The lowest BCUT2D eigenvalue weighted by Crippen LogP contribution is -2.43. The Hall–Kier alpha value is -1.06. The van der Waals surface area contributed by atoms with E-state index in [1.807, 2.05) is 20.8 Å². The Balaban J connectivity index is 2.46. The van der Waals surface area contributed by atoms with Crippen LogP contribution in [0.15, 0.2) is 0 Å². The molecule has 1 fully saturated rings. The molecule has 0 saturated heterocycles. The van der Waals surface area contributed by atoms with Crippen LogP contribution in [0.1, 0.15) is 47.0 Å². The number of rotatable bonds is 4. The first-order valence-corrected chi connectivity index (χ1v) is 6.19. The van der Waals surface area contributed by atoms with Crippen molar-refractivity contribution in [2.75, 3.05) is 7.05 Å². The minimum Gasteiger partial charge on any atom is -0.444 e. The fourth-order valence-electron chi connectivity index (χ4n) is 1.49. The summed E-state index contributed by atoms with van der Waals surface area (Å²) in [5.74, 6) is 0.679. The van der Waals surface area contributed by atoms with Crippen LogP contribution in [0.4, 0.5) is 4.79 Å². The molecule has 1 rings (SSSR count). The standard InChI is InChI=1S/C13H23NO3/c1-9(11(15)8-10-6-7-10)14(5)12(16)17-13(2,3)4/h9-10H,6-8H2,1-5H3. The van der Waals surface area contributed by atoms with Gasteiger partial charge in [-0.1, -0.05) is 0 Å². The number of Topliss-reactive ketones (excluding diaryl/α,β-unsaturated/α-hetero) is 1. The molecule has 1 aliphatic rings. The summed E-state index contributed by atoms with van der Waals surface area (Å²) in [6.07, 6.45) is 2.45. The second kappa shape index (κ2) is 5.07. The predicted molar refractivity (Wildman–Crippen MR) is 65.8 cm³/mol. The molecular weight excluding hydrogens is 218 g/mol. The molecule has 0 spiro atoms. The second-order valence-corrected chi connectivity index (χ2v) is 5.88. The summed E-state index contributed by atoms with van der Waals surface area (Å²) in [4.78, 5) is 25.0. The number of carbonyl (C=O) groups is 2. The van der Waals surface area contributed by atoms with Crippen molar-refractivity contribution in [3.8, 4) is 0 Å². The number of ketones is 1. The minimum atomic E-state index is -0.523. The zero-order valence-corrected chi connectivity index (χ0v) is 11.4. The van der Waals surface area contributed by atoms with E-state index in [-0.39, 0.29) is 5.78 Å². The summed E-state index contributed by atoms with van der Waals surface area (Å²) in [7, 11) is 1.61. The van der Waals surface area contributed by atoms with E-state index in [0.29, 0.717) is 12.3 Å². The molecule has 0 N–H and O–H groups in total. The predicted octanol–water partition coefficient (Wildman–Crippen LogP) is 2.61. The minimum absolute atomic E-state index is 0.126. The van der Waals surface area contributed by atoms with Crippen molar-refractivity contribution in [2.24, 2.45) is 5.92 Å². The highest BCUT2D eigenvalue weighted by Gasteiger charge is 2.31. The van der Waals surface area contributed by atoms with Crippen LogP contribution in [0, 0.1) is 5.92 Å². The first-order chi connectivity index (χ1) is 7.70. The molecule has 0 heterocycles. The third-order valence-corrected chi connectivity index (χ3v) is 2.92. The topological polar surface area (TPSA) is 46.6 Å². The molecule has 0 aromatic rings. The molecule has 4 nitrogen and oxygen atoms in total. The van der Waals surface area contributed by atoms with Crippen LogP contribution in [0.25, 0.3) is 0 Å². The normalized spacial score (nSPS) is 17.5. The van der Waals surface area contributed by atoms with Gasteiger partial charge in [0, 0.05) is 13.5 Å². The Morgan fingerprint density at radius 3 is 2.29 bits per heavy atom. The summed E-state index contributed by atoms with van der Waals surface area (Å²) >= 11 is 0. The van der Waals surface area contributed by atoms with Gasteiger partial charge in [0.2, 0.25) is 0 Å². The van der Waals surface area contributed by atoms with Crippen LogP contribution < -0.4 is 0 Å². The van der Waals surface area contributed by atoms with Gasteiger partial charge >= 0.3 is 6.09 Å². The van der Waals surface area contributed by atoms with E-state index >= 15 is 0 Å². The first-order valence-electron chi connectivity index (χ1n) is 6.19. The van der Waals surface area contributed by atoms with Gasteiger partial charge in [0.05, 0.1) is 6.04 Å². The molecule has 0 aromatic heterocycles. The molecule has 0 bridgehead atoms. The highest BCUT2D eigenvalue weighted by molar-refractivity contribution is 5.87. The van der Waals surface area contributed by atoms with Gasteiger partial charge in [0.1, 0.15) is 5.60 Å². The number of likely N-dealkylation sites (N-methyl/N-ethyl adjacent to an activating group) is 1. The lowest BCUT2D eigenvalue weighted by molar-refractivity contribution is -0.123. The maximum atomic E-state index is 11.9. The molecule has 0 aliphatic heterocycles. The maximum Gasteiger partial charge on any atom is 0.410 e. The third-order valence-electron chi connectivity index (χ3n) is 2.92. The maximum absolute atomic E-state index is 11.9. The van der Waals surface area contributed by atoms with Crippen LogP contribution in [0.3, 0.4) is 0 Å². The Morgan fingerprint density at radius 1 is 1.35 bits per heavy atom. The number of carbonyl (C=O) groups excluding carboxylic acids is 2. The fourth-order valence-corrected chi connectivity index (χ4v) is 1.49. The van der Waals surface area contributed by atoms with Crippen molar-refractivity contribution in [1.82, 2.24) is 4.90 Å². The summed E-state index contributed by atoms with van der Waals surface area (Å²) in [5, 5.41) is 0. The number of nitrogens with zero attached hydrogens (tertiary/aromatic N) is 1. The fraction of sp³-hybridized carbons (Fsp3) is 0.846. The van der Waals surface area contributed by atoms with Crippen LogP contribution >= 0.6 is 0 Å². The average Bonchev–Trinajstić information content (AvgIpc) is 2.96. The second-order valence-electron chi connectivity index (χ2n) is 5.88.